The molecule has 0 aromatic carbocycles. The first kappa shape index (κ1) is 17.8. The highest BCUT2D eigenvalue weighted by atomic mass is 16.5. The number of nitrogens with zero attached hydrogens (tertiary/aromatic N) is 1. The van der Waals surface area contributed by atoms with Crippen molar-refractivity contribution in [3.63, 3.8) is 0 Å². The normalized spacial score (nSPS) is 8.94. The molecular formula is C12H21NO4. The largest absolute Gasteiger partial charge is 0.478 e. The lowest BCUT2D eigenvalue weighted by atomic mass is 10.4. The number of rotatable bonds is 6. The molecule has 0 aliphatic carbocycles. The van der Waals surface area contributed by atoms with Gasteiger partial charge < -0.3 is 14.7 Å². The number of hydrogen-bond acceptors (Lipinski definition) is 4. The van der Waals surface area contributed by atoms with Crippen molar-refractivity contribution < 1.29 is 19.4 Å². The van der Waals surface area contributed by atoms with Crippen LogP contribution in [0, 0.1) is 0 Å². The fourth-order valence-electron chi connectivity index (χ4n) is 0.612. The Bertz CT molecular complexity index is 260. The Labute approximate surface area is 102 Å². The molecule has 17 heavy (non-hydrogen) atoms. The minimum atomic E-state index is -0.935. The summed E-state index contributed by atoms with van der Waals surface area (Å²) in [5.41, 5.74) is 0.176. The Morgan fingerprint density at radius 1 is 1.41 bits per heavy atom. The van der Waals surface area contributed by atoms with Crippen LogP contribution >= 0.6 is 0 Å². The van der Waals surface area contributed by atoms with E-state index in [9.17, 15) is 9.59 Å². The number of carbonyl (C=O) groups excluding carboxylic acids is 1. The molecule has 98 valence electrons. The first-order valence-electron chi connectivity index (χ1n) is 5.14. The minimum Gasteiger partial charge on any atom is -0.478 e. The number of hydrogen-bond donors (Lipinski definition) is 1. The van der Waals surface area contributed by atoms with Crippen LogP contribution in [0.5, 0.6) is 0 Å². The van der Waals surface area contributed by atoms with E-state index in [2.05, 4.69) is 13.2 Å². The summed E-state index contributed by atoms with van der Waals surface area (Å²) in [7, 11) is 3.96. The Hall–Kier alpha value is -1.62. The van der Waals surface area contributed by atoms with E-state index in [1.807, 2.05) is 19.0 Å². The van der Waals surface area contributed by atoms with Crippen LogP contribution in [-0.2, 0) is 14.3 Å². The average molecular weight is 243 g/mol. The van der Waals surface area contributed by atoms with Gasteiger partial charge in [0.25, 0.3) is 0 Å². The van der Waals surface area contributed by atoms with E-state index >= 15 is 0 Å². The SMILES string of the molecule is C=C(C)C(=O)O.C=CC(=O)OCCCN(C)C. The van der Waals surface area contributed by atoms with Gasteiger partial charge in [-0.1, -0.05) is 13.2 Å². The van der Waals surface area contributed by atoms with Gasteiger partial charge in [-0.25, -0.2) is 9.59 Å². The molecule has 0 aliphatic heterocycles. The zero-order chi connectivity index (χ0) is 13.8. The smallest absolute Gasteiger partial charge is 0.330 e. The highest BCUT2D eigenvalue weighted by Crippen LogP contribution is 1.86. The standard InChI is InChI=1S/C8H15NO2.C4H6O2/c1-4-8(10)11-7-5-6-9(2)3;1-3(2)4(5)6/h4H,1,5-7H2,2-3H3;1H2,2H3,(H,5,6). The summed E-state index contributed by atoms with van der Waals surface area (Å²) < 4.78 is 4.76. The van der Waals surface area contributed by atoms with Crippen LogP contribution in [0.1, 0.15) is 13.3 Å². The quantitative estimate of drug-likeness (QED) is 0.433. The second kappa shape index (κ2) is 10.9. The molecule has 0 atom stereocenters. The second-order valence-electron chi connectivity index (χ2n) is 3.61. The Balaban J connectivity index is 0. The van der Waals surface area contributed by atoms with E-state index in [-0.39, 0.29) is 11.5 Å². The Kier molecular flexibility index (Phi) is 11.4. The van der Waals surface area contributed by atoms with Crippen molar-refractivity contribution in [1.29, 1.82) is 0 Å². The summed E-state index contributed by atoms with van der Waals surface area (Å²) in [5, 5.41) is 7.89. The van der Waals surface area contributed by atoms with Gasteiger partial charge >= 0.3 is 11.9 Å². The molecule has 0 fully saturated rings. The maximum absolute atomic E-state index is 10.5. The molecule has 0 rings (SSSR count). The highest BCUT2D eigenvalue weighted by Gasteiger charge is 1.94. The second-order valence-corrected chi connectivity index (χ2v) is 3.61. The van der Waals surface area contributed by atoms with Crippen molar-refractivity contribution in [2.75, 3.05) is 27.2 Å². The average Bonchev–Trinajstić information content (AvgIpc) is 2.24. The molecule has 0 bridgehead atoms. The number of carbonyl (C=O) groups is 2. The summed E-state index contributed by atoms with van der Waals surface area (Å²) in [6, 6.07) is 0. The summed E-state index contributed by atoms with van der Waals surface area (Å²) in [5.74, 6) is -1.28. The molecule has 0 heterocycles. The number of carboxylic acid groups (broad SMARTS) is 1. The van der Waals surface area contributed by atoms with Crippen molar-refractivity contribution in [2.45, 2.75) is 13.3 Å². The van der Waals surface area contributed by atoms with E-state index in [4.69, 9.17) is 9.84 Å². The summed E-state index contributed by atoms with van der Waals surface area (Å²) >= 11 is 0. The monoisotopic (exact) mass is 243 g/mol. The van der Waals surface area contributed by atoms with E-state index in [1.165, 1.54) is 13.0 Å². The zero-order valence-corrected chi connectivity index (χ0v) is 10.7. The predicted octanol–water partition coefficient (Wildman–Crippen LogP) is 1.31. The van der Waals surface area contributed by atoms with Crippen molar-refractivity contribution >= 4 is 11.9 Å². The first-order valence-corrected chi connectivity index (χ1v) is 5.14. The molecule has 5 nitrogen and oxygen atoms in total. The lowest BCUT2D eigenvalue weighted by Gasteiger charge is -2.08. The molecule has 0 spiro atoms. The van der Waals surface area contributed by atoms with E-state index in [1.54, 1.807) is 0 Å². The third-order valence-electron chi connectivity index (χ3n) is 1.53. The minimum absolute atomic E-state index is 0.176. The van der Waals surface area contributed by atoms with Crippen molar-refractivity contribution in [2.24, 2.45) is 0 Å². The number of ether oxygens (including phenoxy) is 1. The maximum Gasteiger partial charge on any atom is 0.330 e. The molecule has 0 saturated carbocycles. The van der Waals surface area contributed by atoms with Crippen LogP contribution in [0.2, 0.25) is 0 Å². The van der Waals surface area contributed by atoms with Crippen molar-refractivity contribution in [3.8, 4) is 0 Å². The Morgan fingerprint density at radius 2 is 1.88 bits per heavy atom. The molecule has 0 aromatic heterocycles. The van der Waals surface area contributed by atoms with Gasteiger partial charge in [-0.2, -0.15) is 0 Å². The summed E-state index contributed by atoms with van der Waals surface area (Å²) in [4.78, 5) is 22.1. The zero-order valence-electron chi connectivity index (χ0n) is 10.7. The Morgan fingerprint density at radius 3 is 2.18 bits per heavy atom. The molecule has 0 saturated heterocycles. The van der Waals surface area contributed by atoms with Crippen LogP contribution in [0.4, 0.5) is 0 Å². The van der Waals surface area contributed by atoms with E-state index in [0.717, 1.165) is 13.0 Å². The number of carboxylic acids is 1. The maximum atomic E-state index is 10.5. The van der Waals surface area contributed by atoms with Gasteiger partial charge in [0.05, 0.1) is 6.61 Å². The fraction of sp³-hybridized carbons (Fsp3) is 0.500. The molecule has 0 radical (unpaired) electrons. The summed E-state index contributed by atoms with van der Waals surface area (Å²) in [6.45, 7) is 9.30. The third-order valence-corrected chi connectivity index (χ3v) is 1.53. The number of aliphatic carboxylic acids is 1. The molecule has 0 unspecified atom stereocenters. The van der Waals surface area contributed by atoms with E-state index in [0.29, 0.717) is 6.61 Å². The van der Waals surface area contributed by atoms with Gasteiger partial charge in [0.1, 0.15) is 0 Å². The van der Waals surface area contributed by atoms with Crippen LogP contribution in [0.3, 0.4) is 0 Å². The van der Waals surface area contributed by atoms with Crippen LogP contribution in [0.15, 0.2) is 24.8 Å². The fourth-order valence-corrected chi connectivity index (χ4v) is 0.612. The molecule has 0 aliphatic rings. The van der Waals surface area contributed by atoms with Gasteiger partial charge in [0.15, 0.2) is 0 Å². The van der Waals surface area contributed by atoms with Gasteiger partial charge in [-0.3, -0.25) is 0 Å². The molecular weight excluding hydrogens is 222 g/mol. The molecule has 1 N–H and O–H groups in total. The van der Waals surface area contributed by atoms with Gasteiger partial charge in [-0.05, 0) is 27.4 Å². The first-order chi connectivity index (χ1) is 7.81. The molecule has 5 heteroatoms. The third kappa shape index (κ3) is 17.0. The summed E-state index contributed by atoms with van der Waals surface area (Å²) in [6.07, 6.45) is 2.04. The highest BCUT2D eigenvalue weighted by molar-refractivity contribution is 5.84. The topological polar surface area (TPSA) is 66.8 Å². The van der Waals surface area contributed by atoms with Crippen molar-refractivity contribution in [1.82, 2.24) is 4.90 Å². The van der Waals surface area contributed by atoms with E-state index < -0.39 is 5.97 Å². The predicted molar refractivity (Wildman–Crippen MR) is 66.8 cm³/mol. The van der Waals surface area contributed by atoms with Crippen LogP contribution in [0.25, 0.3) is 0 Å². The lowest BCUT2D eigenvalue weighted by molar-refractivity contribution is -0.138. The van der Waals surface area contributed by atoms with Crippen molar-refractivity contribution in [3.05, 3.63) is 24.8 Å². The van der Waals surface area contributed by atoms with Crippen LogP contribution < -0.4 is 0 Å². The van der Waals surface area contributed by atoms with Crippen LogP contribution in [-0.4, -0.2) is 49.2 Å². The van der Waals surface area contributed by atoms with Gasteiger partial charge in [-0.15, -0.1) is 0 Å². The molecule has 0 aromatic rings. The van der Waals surface area contributed by atoms with Gasteiger partial charge in [0.2, 0.25) is 0 Å². The number of esters is 1. The van der Waals surface area contributed by atoms with Gasteiger partial charge in [0, 0.05) is 18.2 Å². The lowest BCUT2D eigenvalue weighted by Crippen LogP contribution is -2.15. The molecule has 0 amide bonds.